The summed E-state index contributed by atoms with van der Waals surface area (Å²) in [4.78, 5) is 35.5. The Balaban J connectivity index is 4.56. The molecular weight excluding hydrogens is 248 g/mol. The lowest BCUT2D eigenvalue weighted by atomic mass is 10.0. The summed E-state index contributed by atoms with van der Waals surface area (Å²) in [6, 6.07) is -0.581. The molecule has 110 valence electrons. The van der Waals surface area contributed by atoms with Crippen LogP contribution in [-0.4, -0.2) is 52.8 Å². The van der Waals surface area contributed by atoms with Crippen molar-refractivity contribution in [1.29, 1.82) is 0 Å². The zero-order valence-electron chi connectivity index (χ0n) is 12.3. The fourth-order valence-electron chi connectivity index (χ4n) is 1.74. The molecule has 1 unspecified atom stereocenters. The van der Waals surface area contributed by atoms with Gasteiger partial charge in [-0.1, -0.05) is 13.8 Å². The van der Waals surface area contributed by atoms with Crippen LogP contribution >= 0.6 is 0 Å². The molecule has 2 N–H and O–H groups in total. The molecule has 19 heavy (non-hydrogen) atoms. The van der Waals surface area contributed by atoms with Crippen molar-refractivity contribution in [2.75, 3.05) is 13.1 Å². The third-order valence-corrected chi connectivity index (χ3v) is 2.84. The van der Waals surface area contributed by atoms with E-state index in [1.165, 1.54) is 11.8 Å². The van der Waals surface area contributed by atoms with Crippen molar-refractivity contribution >= 4 is 17.7 Å². The first-order valence-corrected chi connectivity index (χ1v) is 6.40. The molecule has 0 aromatic rings. The molecule has 0 bridgehead atoms. The highest BCUT2D eigenvalue weighted by atomic mass is 16.4. The minimum Gasteiger partial charge on any atom is -0.480 e. The van der Waals surface area contributed by atoms with Gasteiger partial charge in [-0.25, -0.2) is 0 Å². The number of ketones is 1. The molecule has 0 saturated heterocycles. The summed E-state index contributed by atoms with van der Waals surface area (Å²) in [5.74, 6) is -1.40. The van der Waals surface area contributed by atoms with Gasteiger partial charge in [0.2, 0.25) is 5.91 Å². The quantitative estimate of drug-likeness (QED) is 0.672. The Morgan fingerprint density at radius 3 is 1.95 bits per heavy atom. The molecule has 0 radical (unpaired) electrons. The van der Waals surface area contributed by atoms with Crippen LogP contribution in [0.15, 0.2) is 0 Å². The second kappa shape index (κ2) is 7.89. The molecule has 6 heteroatoms. The number of nitrogens with zero attached hydrogens (tertiary/aromatic N) is 1. The van der Waals surface area contributed by atoms with Crippen molar-refractivity contribution in [3.8, 4) is 0 Å². The van der Waals surface area contributed by atoms with Gasteiger partial charge >= 0.3 is 5.97 Å². The van der Waals surface area contributed by atoms with Crippen LogP contribution in [0.2, 0.25) is 0 Å². The van der Waals surface area contributed by atoms with Crippen molar-refractivity contribution in [3.63, 3.8) is 0 Å². The molecule has 6 nitrogen and oxygen atoms in total. The van der Waals surface area contributed by atoms with E-state index in [9.17, 15) is 14.4 Å². The van der Waals surface area contributed by atoms with Crippen LogP contribution in [0.5, 0.6) is 0 Å². The van der Waals surface area contributed by atoms with Gasteiger partial charge in [-0.3, -0.25) is 19.3 Å². The number of carbonyl (C=O) groups is 3. The van der Waals surface area contributed by atoms with Gasteiger partial charge in [-0.15, -0.1) is 0 Å². The van der Waals surface area contributed by atoms with Crippen LogP contribution in [0.1, 0.15) is 34.6 Å². The van der Waals surface area contributed by atoms with Crippen LogP contribution in [-0.2, 0) is 14.4 Å². The van der Waals surface area contributed by atoms with E-state index >= 15 is 0 Å². The van der Waals surface area contributed by atoms with Crippen molar-refractivity contribution in [1.82, 2.24) is 10.2 Å². The van der Waals surface area contributed by atoms with E-state index in [4.69, 9.17) is 5.11 Å². The van der Waals surface area contributed by atoms with Gasteiger partial charge in [-0.05, 0) is 26.7 Å². The van der Waals surface area contributed by atoms with E-state index in [1.54, 1.807) is 0 Å². The van der Waals surface area contributed by atoms with Crippen LogP contribution in [0, 0.1) is 5.92 Å². The van der Waals surface area contributed by atoms with Gasteiger partial charge in [0.15, 0.2) is 5.78 Å². The summed E-state index contributed by atoms with van der Waals surface area (Å²) in [5.41, 5.74) is 0. The number of Topliss-reactive ketones (excluding diaryl/α,β-unsaturated/α-hetero) is 1. The Bertz CT molecular complexity index is 340. The Kier molecular flexibility index (Phi) is 7.29. The SMILES string of the molecule is CC(=O)C(NC(=O)CN(CC(=O)O)C(C)C)C(C)C. The number of carboxylic acid groups (broad SMARTS) is 1. The molecule has 0 spiro atoms. The summed E-state index contributed by atoms with van der Waals surface area (Å²) in [6.45, 7) is 8.55. The van der Waals surface area contributed by atoms with Crippen molar-refractivity contribution in [3.05, 3.63) is 0 Å². The number of aliphatic carboxylic acids is 1. The normalized spacial score (nSPS) is 12.8. The highest BCUT2D eigenvalue weighted by Crippen LogP contribution is 2.03. The smallest absolute Gasteiger partial charge is 0.317 e. The largest absolute Gasteiger partial charge is 0.480 e. The van der Waals surface area contributed by atoms with Crippen molar-refractivity contribution < 1.29 is 19.5 Å². The predicted molar refractivity (Wildman–Crippen MR) is 71.8 cm³/mol. The maximum Gasteiger partial charge on any atom is 0.317 e. The second-order valence-electron chi connectivity index (χ2n) is 5.29. The average molecular weight is 272 g/mol. The van der Waals surface area contributed by atoms with Crippen LogP contribution in [0.4, 0.5) is 0 Å². The number of hydrogen-bond donors (Lipinski definition) is 2. The van der Waals surface area contributed by atoms with E-state index in [-0.39, 0.29) is 36.7 Å². The first-order chi connectivity index (χ1) is 8.65. The lowest BCUT2D eigenvalue weighted by Crippen LogP contribution is -2.49. The molecule has 0 aromatic carbocycles. The molecule has 0 aliphatic heterocycles. The summed E-state index contributed by atoms with van der Waals surface area (Å²) in [7, 11) is 0. The van der Waals surface area contributed by atoms with Gasteiger partial charge in [0.05, 0.1) is 19.1 Å². The van der Waals surface area contributed by atoms with E-state index in [2.05, 4.69) is 5.32 Å². The van der Waals surface area contributed by atoms with Gasteiger partial charge in [-0.2, -0.15) is 0 Å². The Hall–Kier alpha value is -1.43. The predicted octanol–water partition coefficient (Wildman–Crippen LogP) is 0.511. The van der Waals surface area contributed by atoms with Gasteiger partial charge in [0.1, 0.15) is 0 Å². The third-order valence-electron chi connectivity index (χ3n) is 2.84. The van der Waals surface area contributed by atoms with E-state index in [0.717, 1.165) is 0 Å². The van der Waals surface area contributed by atoms with Gasteiger partial charge < -0.3 is 10.4 Å². The molecule has 1 amide bonds. The zero-order valence-corrected chi connectivity index (χ0v) is 12.3. The van der Waals surface area contributed by atoms with Crippen LogP contribution in [0.3, 0.4) is 0 Å². The highest BCUT2D eigenvalue weighted by molar-refractivity contribution is 5.88. The van der Waals surface area contributed by atoms with Gasteiger partial charge in [0.25, 0.3) is 0 Å². The molecule has 0 rings (SSSR count). The maximum atomic E-state index is 11.9. The van der Waals surface area contributed by atoms with Crippen molar-refractivity contribution in [2.24, 2.45) is 5.92 Å². The second-order valence-corrected chi connectivity index (χ2v) is 5.29. The molecular formula is C13H24N2O4. The van der Waals surface area contributed by atoms with Crippen LogP contribution in [0.25, 0.3) is 0 Å². The molecule has 0 saturated carbocycles. The fourth-order valence-corrected chi connectivity index (χ4v) is 1.74. The number of rotatable bonds is 8. The molecule has 0 aromatic heterocycles. The maximum absolute atomic E-state index is 11.9. The Morgan fingerprint density at radius 1 is 1.11 bits per heavy atom. The molecule has 0 aliphatic carbocycles. The van der Waals surface area contributed by atoms with E-state index in [1.807, 2.05) is 27.7 Å². The van der Waals surface area contributed by atoms with E-state index < -0.39 is 12.0 Å². The summed E-state index contributed by atoms with van der Waals surface area (Å²) in [5, 5.41) is 11.4. The lowest BCUT2D eigenvalue weighted by Gasteiger charge is -2.26. The number of carboxylic acids is 1. The summed E-state index contributed by atoms with van der Waals surface area (Å²) in [6.07, 6.45) is 0. The molecule has 0 heterocycles. The third kappa shape index (κ3) is 6.91. The van der Waals surface area contributed by atoms with Crippen LogP contribution < -0.4 is 5.32 Å². The molecule has 0 aliphatic rings. The van der Waals surface area contributed by atoms with Gasteiger partial charge in [0, 0.05) is 6.04 Å². The number of hydrogen-bond acceptors (Lipinski definition) is 4. The topological polar surface area (TPSA) is 86.7 Å². The fraction of sp³-hybridized carbons (Fsp3) is 0.769. The number of amides is 1. The minimum atomic E-state index is -0.978. The summed E-state index contributed by atoms with van der Waals surface area (Å²) >= 11 is 0. The number of nitrogens with one attached hydrogen (secondary N) is 1. The Morgan fingerprint density at radius 2 is 1.63 bits per heavy atom. The lowest BCUT2D eigenvalue weighted by molar-refractivity contribution is -0.139. The first-order valence-electron chi connectivity index (χ1n) is 6.40. The van der Waals surface area contributed by atoms with Crippen molar-refractivity contribution in [2.45, 2.75) is 46.7 Å². The standard InChI is InChI=1S/C13H24N2O4/c1-8(2)13(10(5)16)14-11(17)6-15(9(3)4)7-12(18)19/h8-9,13H,6-7H2,1-5H3,(H,14,17)(H,18,19). The number of carbonyl (C=O) groups excluding carboxylic acids is 2. The highest BCUT2D eigenvalue weighted by Gasteiger charge is 2.23. The first kappa shape index (κ1) is 17.6. The zero-order chi connectivity index (χ0) is 15.2. The van der Waals surface area contributed by atoms with E-state index in [0.29, 0.717) is 0 Å². The molecule has 1 atom stereocenters. The minimum absolute atomic E-state index is 0.00780. The molecule has 0 fully saturated rings. The monoisotopic (exact) mass is 272 g/mol. The Labute approximate surface area is 114 Å². The average Bonchev–Trinajstić information content (AvgIpc) is 2.23. The summed E-state index contributed by atoms with van der Waals surface area (Å²) < 4.78 is 0.